The molecule has 9 rings (SSSR count). The van der Waals surface area contributed by atoms with Crippen LogP contribution in [-0.2, 0) is 13.1 Å². The van der Waals surface area contributed by atoms with E-state index in [4.69, 9.17) is 30.2 Å². The van der Waals surface area contributed by atoms with Gasteiger partial charge in [0.15, 0.2) is 0 Å². The Morgan fingerprint density at radius 2 is 0.556 bits per heavy atom. The predicted molar refractivity (Wildman–Crippen MR) is 240 cm³/mol. The number of fused-ring (bicyclic) bond motifs is 8. The summed E-state index contributed by atoms with van der Waals surface area (Å²) in [5, 5.41) is 38.7. The molecule has 0 aliphatic carbocycles. The average molecular weight is 918 g/mol. The molecule has 8 bridgehead atoms. The number of carbonyl (C=O) groups is 4. The number of benzene rings is 4. The minimum absolute atomic E-state index is 0.117. The van der Waals surface area contributed by atoms with Crippen molar-refractivity contribution in [1.82, 2.24) is 19.9 Å². The summed E-state index contributed by atoms with van der Waals surface area (Å²) in [6, 6.07) is 33.6. The zero-order valence-electron chi connectivity index (χ0n) is 32.3. The van der Waals surface area contributed by atoms with Gasteiger partial charge in [-0.2, -0.15) is 0 Å². The van der Waals surface area contributed by atoms with Crippen molar-refractivity contribution in [3.63, 3.8) is 0 Å². The predicted octanol–water partition coefficient (Wildman–Crippen LogP) is 11.5. The summed E-state index contributed by atoms with van der Waals surface area (Å²) in [5.41, 5.74) is 10.7. The Bertz CT molecular complexity index is 2790. The van der Waals surface area contributed by atoms with Gasteiger partial charge in [-0.25, -0.2) is 29.1 Å². The fourth-order valence-corrected chi connectivity index (χ4v) is 7.54. The van der Waals surface area contributed by atoms with Crippen molar-refractivity contribution in [2.24, 2.45) is 0 Å². The van der Waals surface area contributed by atoms with Crippen molar-refractivity contribution in [3.8, 4) is 44.5 Å². The Hall–Kier alpha value is -7.54. The van der Waals surface area contributed by atoms with Crippen LogP contribution in [-0.4, -0.2) is 64.2 Å². The number of aromatic carboxylic acids is 4. The third-order valence-corrected chi connectivity index (χ3v) is 10.4. The van der Waals surface area contributed by atoms with Gasteiger partial charge in [-0.3, -0.25) is 0 Å². The first-order chi connectivity index (χ1) is 30.4. The molecule has 0 amide bonds. The van der Waals surface area contributed by atoms with Crippen LogP contribution in [0.15, 0.2) is 121 Å². The second kappa shape index (κ2) is 17.8. The molecule has 2 aliphatic heterocycles. The van der Waals surface area contributed by atoms with Gasteiger partial charge in [-0.1, -0.05) is 48.5 Å². The van der Waals surface area contributed by atoms with Crippen LogP contribution < -0.4 is 0 Å². The topological polar surface area (TPSA) is 207 Å². The Morgan fingerprint density at radius 1 is 0.365 bits per heavy atom. The molecular weight excluding hydrogens is 887 g/mol. The standard InChI is InChI=1S/C48H30N4O8.2ClH.Fe/c53-45(54)29-9-1-25(2-10-29)41-33-17-19-35(49-33)42(26-3-11-30(12-4-26)46(55)56)37-21-23-39(51-37)44(28-7-15-32(16-8-28)48(59)60)40-24-22-38(52-40)43(36-20-18-34(41)50-36)27-5-13-31(14-6-27)47(57)58;;;/h1-24,49,52H,(H,53,54)(H,55,56)(H,57,58)(H,59,60);2*1H;/q;;;+2/p-2. The van der Waals surface area contributed by atoms with Crippen LogP contribution >= 0.6 is 20.2 Å². The first kappa shape index (κ1) is 42.2. The van der Waals surface area contributed by atoms with Gasteiger partial charge in [-0.05, 0) is 119 Å². The summed E-state index contributed by atoms with van der Waals surface area (Å²) >= 11 is 0.194. The first-order valence-electron chi connectivity index (χ1n) is 18.8. The van der Waals surface area contributed by atoms with E-state index in [2.05, 4.69) is 9.97 Å². The number of hydrogen-bond donors (Lipinski definition) is 6. The van der Waals surface area contributed by atoms with Crippen molar-refractivity contribution in [3.05, 3.63) is 166 Å². The number of H-pyrrole nitrogens is 2. The summed E-state index contributed by atoms with van der Waals surface area (Å²) in [4.78, 5) is 64.8. The molecule has 0 unspecified atom stereocenters. The molecule has 6 N–H and O–H groups in total. The van der Waals surface area contributed by atoms with Crippen LogP contribution in [0.4, 0.5) is 0 Å². The summed E-state index contributed by atoms with van der Waals surface area (Å²) in [7, 11) is 9.53. The van der Waals surface area contributed by atoms with Crippen molar-refractivity contribution < 1.29 is 52.7 Å². The fraction of sp³-hybridized carbons (Fsp3) is 0. The molecule has 5 heterocycles. The maximum atomic E-state index is 11.8. The van der Waals surface area contributed by atoms with Crippen molar-refractivity contribution in [2.75, 3.05) is 0 Å². The molecule has 0 saturated carbocycles. The molecule has 63 heavy (non-hydrogen) atoms. The van der Waals surface area contributed by atoms with Gasteiger partial charge in [0.25, 0.3) is 0 Å². The van der Waals surface area contributed by atoms with Gasteiger partial charge in [-0.15, -0.1) is 0 Å². The van der Waals surface area contributed by atoms with E-state index >= 15 is 0 Å². The van der Waals surface area contributed by atoms with Gasteiger partial charge >= 0.3 is 57.2 Å². The monoisotopic (exact) mass is 916 g/mol. The number of carboxylic acids is 4. The van der Waals surface area contributed by atoms with Crippen LogP contribution in [0.2, 0.25) is 0 Å². The van der Waals surface area contributed by atoms with Crippen molar-refractivity contribution >= 4 is 90.4 Å². The molecule has 0 spiro atoms. The van der Waals surface area contributed by atoms with Gasteiger partial charge in [0.1, 0.15) is 0 Å². The Kier molecular flexibility index (Phi) is 11.9. The summed E-state index contributed by atoms with van der Waals surface area (Å²) in [6.07, 6.45) is 7.47. The van der Waals surface area contributed by atoms with Gasteiger partial charge in [0, 0.05) is 44.3 Å². The molecule has 12 nitrogen and oxygen atoms in total. The Balaban J connectivity index is 0.00000177. The number of nitrogens with one attached hydrogen (secondary N) is 2. The molecule has 0 fully saturated rings. The van der Waals surface area contributed by atoms with Gasteiger partial charge < -0.3 is 30.4 Å². The van der Waals surface area contributed by atoms with Crippen LogP contribution in [0, 0.1) is 0 Å². The van der Waals surface area contributed by atoms with Crippen LogP contribution in [0.1, 0.15) is 64.2 Å². The number of halogens is 2. The van der Waals surface area contributed by atoms with E-state index < -0.39 is 23.9 Å². The molecule has 7 aromatic rings. The quantitative estimate of drug-likeness (QED) is 0.0795. The molecule has 0 saturated heterocycles. The maximum absolute atomic E-state index is 11.8. The second-order valence-corrected chi connectivity index (χ2v) is 15.9. The molecule has 312 valence electrons. The second-order valence-electron chi connectivity index (χ2n) is 14.1. The van der Waals surface area contributed by atoms with E-state index in [1.807, 2.05) is 48.6 Å². The van der Waals surface area contributed by atoms with Crippen molar-refractivity contribution in [2.45, 2.75) is 0 Å². The van der Waals surface area contributed by atoms with E-state index in [1.165, 1.54) is 48.5 Å². The molecular formula is C48H30Cl2FeN4O8. The molecule has 2 aliphatic rings. The molecule has 3 aromatic heterocycles. The summed E-state index contributed by atoms with van der Waals surface area (Å²) in [5.74, 6) is -4.25. The molecule has 4 aromatic carbocycles. The Labute approximate surface area is 372 Å². The fourth-order valence-electron chi connectivity index (χ4n) is 7.54. The SMILES string of the molecule is O=C(O)c1ccc(-c2c3nc(c(-c4ccc(C(=O)O)cc4)c4ccc([nH]4)c(-c4ccc(C(=O)O)cc4)c4nc(c(-c5ccc(C(=O)O)cc5)c5ccc2[nH]5)C=C4)C=C3)cc1.[Cl][Fe][Cl]. The first-order valence-corrected chi connectivity index (χ1v) is 21.8. The number of hydrogen-bond acceptors (Lipinski definition) is 6. The van der Waals surface area contributed by atoms with E-state index in [0.717, 1.165) is 0 Å². The van der Waals surface area contributed by atoms with Gasteiger partial charge in [0.05, 0.1) is 45.0 Å². The number of rotatable bonds is 8. The average Bonchev–Trinajstić information content (AvgIpc) is 4.13. The summed E-state index contributed by atoms with van der Waals surface area (Å²) in [6.45, 7) is 0. The van der Waals surface area contributed by atoms with E-state index in [9.17, 15) is 39.6 Å². The zero-order valence-corrected chi connectivity index (χ0v) is 34.9. The van der Waals surface area contributed by atoms with Crippen molar-refractivity contribution in [1.29, 1.82) is 0 Å². The number of aromatic amines is 2. The number of aromatic nitrogens is 4. The third-order valence-electron chi connectivity index (χ3n) is 10.4. The van der Waals surface area contributed by atoms with Crippen LogP contribution in [0.5, 0.6) is 0 Å². The third kappa shape index (κ3) is 8.54. The number of nitrogens with zero attached hydrogens (tertiary/aromatic N) is 2. The molecule has 0 atom stereocenters. The summed E-state index contributed by atoms with van der Waals surface area (Å²) < 4.78 is 0. The van der Waals surface area contributed by atoms with E-state index in [-0.39, 0.29) is 35.4 Å². The van der Waals surface area contributed by atoms with Crippen LogP contribution in [0.3, 0.4) is 0 Å². The number of carboxylic acid groups (broad SMARTS) is 4. The minimum atomic E-state index is -1.06. The Morgan fingerprint density at radius 3 is 0.730 bits per heavy atom. The van der Waals surface area contributed by atoms with Gasteiger partial charge in [0.2, 0.25) is 0 Å². The van der Waals surface area contributed by atoms with Crippen LogP contribution in [0.25, 0.3) is 90.9 Å². The van der Waals surface area contributed by atoms with E-state index in [1.54, 1.807) is 48.5 Å². The molecule has 0 radical (unpaired) electrons. The molecule has 15 heteroatoms. The van der Waals surface area contributed by atoms with E-state index in [0.29, 0.717) is 89.4 Å². The normalized spacial score (nSPS) is 11.5. The zero-order chi connectivity index (χ0) is 44.4.